The maximum atomic E-state index is 11.9. The van der Waals surface area contributed by atoms with Gasteiger partial charge in [-0.25, -0.2) is 13.1 Å². The third-order valence-corrected chi connectivity index (χ3v) is 5.37. The van der Waals surface area contributed by atoms with Crippen LogP contribution < -0.4 is 4.72 Å². The largest absolute Gasteiger partial charge is 0.396 e. The number of hydrogen-bond acceptors (Lipinski definition) is 4. The van der Waals surface area contributed by atoms with Crippen LogP contribution in [0, 0.1) is 5.92 Å². The van der Waals surface area contributed by atoms with Crippen LogP contribution in [0.15, 0.2) is 16.3 Å². The summed E-state index contributed by atoms with van der Waals surface area (Å²) in [6.45, 7) is 4.62. The summed E-state index contributed by atoms with van der Waals surface area (Å²) in [5.74, 6) is 0.478. The second-order valence-corrected chi connectivity index (χ2v) is 7.44. The van der Waals surface area contributed by atoms with E-state index in [4.69, 9.17) is 5.11 Å². The Bertz CT molecular complexity index is 437. The van der Waals surface area contributed by atoms with Crippen molar-refractivity contribution in [3.63, 3.8) is 0 Å². The molecule has 0 fully saturated rings. The Morgan fingerprint density at radius 3 is 2.71 bits per heavy atom. The van der Waals surface area contributed by atoms with Crippen molar-refractivity contribution < 1.29 is 13.5 Å². The molecule has 0 saturated carbocycles. The van der Waals surface area contributed by atoms with Gasteiger partial charge in [-0.15, -0.1) is 11.3 Å². The van der Waals surface area contributed by atoms with E-state index in [9.17, 15) is 8.42 Å². The van der Waals surface area contributed by atoms with Crippen LogP contribution in [0.5, 0.6) is 0 Å². The molecule has 1 rings (SSSR count). The van der Waals surface area contributed by atoms with Crippen molar-refractivity contribution in [1.29, 1.82) is 0 Å². The lowest BCUT2D eigenvalue weighted by atomic mass is 10.1. The van der Waals surface area contributed by atoms with Gasteiger partial charge >= 0.3 is 0 Å². The van der Waals surface area contributed by atoms with E-state index < -0.39 is 10.0 Å². The first-order chi connectivity index (χ1) is 7.95. The molecule has 0 aliphatic carbocycles. The molecule has 1 aromatic rings. The Kier molecular flexibility index (Phi) is 5.58. The number of nitrogens with one attached hydrogen (secondary N) is 1. The Morgan fingerprint density at radius 2 is 2.12 bits per heavy atom. The van der Waals surface area contributed by atoms with Crippen molar-refractivity contribution in [2.45, 2.75) is 30.9 Å². The SMILES string of the molecule is CC(C)CCNS(=O)(=O)c1ccc(CCO)s1. The van der Waals surface area contributed by atoms with Gasteiger partial charge in [0.1, 0.15) is 4.21 Å². The number of hydrogen-bond donors (Lipinski definition) is 2. The Balaban J connectivity index is 2.62. The number of aliphatic hydroxyl groups is 1. The first-order valence-corrected chi connectivity index (χ1v) is 7.95. The molecule has 6 heteroatoms. The summed E-state index contributed by atoms with van der Waals surface area (Å²) in [5, 5.41) is 8.78. The third-order valence-electron chi connectivity index (χ3n) is 2.27. The predicted octanol–water partition coefficient (Wildman–Crippen LogP) is 1.61. The van der Waals surface area contributed by atoms with Gasteiger partial charge in [0.15, 0.2) is 0 Å². The average molecular weight is 277 g/mol. The molecular weight excluding hydrogens is 258 g/mol. The zero-order valence-corrected chi connectivity index (χ0v) is 11.8. The van der Waals surface area contributed by atoms with E-state index in [-0.39, 0.29) is 6.61 Å². The van der Waals surface area contributed by atoms with Crippen molar-refractivity contribution in [2.75, 3.05) is 13.2 Å². The van der Waals surface area contributed by atoms with Gasteiger partial charge in [0.25, 0.3) is 0 Å². The average Bonchev–Trinajstić information content (AvgIpc) is 2.66. The minimum absolute atomic E-state index is 0.0424. The van der Waals surface area contributed by atoms with E-state index >= 15 is 0 Å². The highest BCUT2D eigenvalue weighted by Crippen LogP contribution is 2.21. The molecule has 4 nitrogen and oxygen atoms in total. The molecule has 0 aromatic carbocycles. The fourth-order valence-electron chi connectivity index (χ4n) is 1.30. The number of thiophene rings is 1. The zero-order valence-electron chi connectivity index (χ0n) is 10.1. The molecule has 0 aliphatic heterocycles. The lowest BCUT2D eigenvalue weighted by Crippen LogP contribution is -2.24. The standard InChI is InChI=1S/C11H19NO3S2/c1-9(2)5-7-12-17(14,15)11-4-3-10(16-11)6-8-13/h3-4,9,12-13H,5-8H2,1-2H3. The van der Waals surface area contributed by atoms with Gasteiger partial charge in [0.05, 0.1) is 0 Å². The summed E-state index contributed by atoms with van der Waals surface area (Å²) in [7, 11) is -3.37. The molecule has 1 aromatic heterocycles. The smallest absolute Gasteiger partial charge is 0.250 e. The van der Waals surface area contributed by atoms with E-state index in [0.29, 0.717) is 23.1 Å². The highest BCUT2D eigenvalue weighted by molar-refractivity contribution is 7.91. The highest BCUT2D eigenvalue weighted by Gasteiger charge is 2.16. The number of rotatable bonds is 7. The zero-order chi connectivity index (χ0) is 12.9. The molecule has 0 atom stereocenters. The van der Waals surface area contributed by atoms with Crippen LogP contribution in [0.1, 0.15) is 25.1 Å². The van der Waals surface area contributed by atoms with Crippen molar-refractivity contribution in [2.24, 2.45) is 5.92 Å². The van der Waals surface area contributed by atoms with Crippen molar-refractivity contribution in [3.05, 3.63) is 17.0 Å². The normalized spacial score (nSPS) is 12.2. The van der Waals surface area contributed by atoms with Gasteiger partial charge in [-0.3, -0.25) is 0 Å². The van der Waals surface area contributed by atoms with Gasteiger partial charge in [-0.1, -0.05) is 13.8 Å². The topological polar surface area (TPSA) is 66.4 Å². The second-order valence-electron chi connectivity index (χ2n) is 4.27. The van der Waals surface area contributed by atoms with E-state index in [2.05, 4.69) is 18.6 Å². The summed E-state index contributed by atoms with van der Waals surface area (Å²) in [6, 6.07) is 3.34. The minimum atomic E-state index is -3.37. The molecule has 0 saturated heterocycles. The summed E-state index contributed by atoms with van der Waals surface area (Å²) >= 11 is 1.21. The molecule has 98 valence electrons. The number of sulfonamides is 1. The predicted molar refractivity (Wildman–Crippen MR) is 69.8 cm³/mol. The van der Waals surface area contributed by atoms with Gasteiger partial charge in [-0.05, 0) is 24.5 Å². The van der Waals surface area contributed by atoms with E-state index in [1.54, 1.807) is 12.1 Å². The molecule has 0 unspecified atom stereocenters. The number of aliphatic hydroxyl groups excluding tert-OH is 1. The Labute approximate surface area is 107 Å². The summed E-state index contributed by atoms with van der Waals surface area (Å²) in [6.07, 6.45) is 1.33. The quantitative estimate of drug-likeness (QED) is 0.795. The molecule has 0 amide bonds. The Morgan fingerprint density at radius 1 is 1.41 bits per heavy atom. The molecule has 1 heterocycles. The molecule has 0 aliphatic rings. The third kappa shape index (κ3) is 4.75. The van der Waals surface area contributed by atoms with Crippen LogP contribution in [0.3, 0.4) is 0 Å². The van der Waals surface area contributed by atoms with Crippen molar-refractivity contribution in [3.8, 4) is 0 Å². The summed E-state index contributed by atoms with van der Waals surface area (Å²) in [5.41, 5.74) is 0. The summed E-state index contributed by atoms with van der Waals surface area (Å²) < 4.78 is 26.6. The van der Waals surface area contributed by atoms with Crippen molar-refractivity contribution in [1.82, 2.24) is 4.72 Å². The van der Waals surface area contributed by atoms with Crippen LogP contribution in [-0.4, -0.2) is 26.7 Å². The van der Waals surface area contributed by atoms with Crippen LogP contribution >= 0.6 is 11.3 Å². The molecule has 0 bridgehead atoms. The van der Waals surface area contributed by atoms with E-state index in [0.717, 1.165) is 11.3 Å². The molecule has 0 spiro atoms. The van der Waals surface area contributed by atoms with Crippen molar-refractivity contribution >= 4 is 21.4 Å². The van der Waals surface area contributed by atoms with Crippen LogP contribution in [0.2, 0.25) is 0 Å². The lowest BCUT2D eigenvalue weighted by molar-refractivity contribution is 0.300. The van der Waals surface area contributed by atoms with Gasteiger partial charge in [0, 0.05) is 24.4 Å². The van der Waals surface area contributed by atoms with Crippen LogP contribution in [-0.2, 0) is 16.4 Å². The molecule has 17 heavy (non-hydrogen) atoms. The van der Waals surface area contributed by atoms with Crippen LogP contribution in [0.4, 0.5) is 0 Å². The fourth-order valence-corrected chi connectivity index (χ4v) is 3.74. The molecule has 2 N–H and O–H groups in total. The fraction of sp³-hybridized carbons (Fsp3) is 0.636. The second kappa shape index (κ2) is 6.49. The first-order valence-electron chi connectivity index (χ1n) is 5.65. The monoisotopic (exact) mass is 277 g/mol. The summed E-state index contributed by atoms with van der Waals surface area (Å²) in [4.78, 5) is 0.886. The minimum Gasteiger partial charge on any atom is -0.396 e. The van der Waals surface area contributed by atoms with E-state index in [1.807, 2.05) is 0 Å². The first kappa shape index (κ1) is 14.6. The van der Waals surface area contributed by atoms with E-state index in [1.165, 1.54) is 11.3 Å². The van der Waals surface area contributed by atoms with Gasteiger partial charge in [0.2, 0.25) is 10.0 Å². The van der Waals surface area contributed by atoms with Crippen LogP contribution in [0.25, 0.3) is 0 Å². The van der Waals surface area contributed by atoms with Gasteiger partial charge < -0.3 is 5.11 Å². The van der Waals surface area contributed by atoms with Gasteiger partial charge in [-0.2, -0.15) is 0 Å². The Hall–Kier alpha value is -0.430. The maximum absolute atomic E-state index is 11.9. The maximum Gasteiger partial charge on any atom is 0.250 e. The molecular formula is C11H19NO3S2. The lowest BCUT2D eigenvalue weighted by Gasteiger charge is -2.06. The molecule has 0 radical (unpaired) electrons. The highest BCUT2D eigenvalue weighted by atomic mass is 32.2.